The Kier molecular flexibility index (Phi) is 7.77. The molecule has 0 fully saturated rings. The lowest BCUT2D eigenvalue weighted by atomic mass is 9.91. The van der Waals surface area contributed by atoms with Gasteiger partial charge in [-0.3, -0.25) is 4.79 Å². The second-order valence-corrected chi connectivity index (χ2v) is 10.7. The number of rotatable bonds is 6. The summed E-state index contributed by atoms with van der Waals surface area (Å²) in [4.78, 5) is 12.7. The molecular formula is C15H28O2S3. The van der Waals surface area contributed by atoms with E-state index in [0.717, 1.165) is 9.95 Å². The fourth-order valence-electron chi connectivity index (χ4n) is 1.70. The summed E-state index contributed by atoms with van der Waals surface area (Å²) >= 11 is 8.16. The average molecular weight is 337 g/mol. The van der Waals surface area contributed by atoms with Crippen LogP contribution >= 0.6 is 35.7 Å². The molecule has 0 aromatic rings. The molecule has 0 aromatic carbocycles. The maximum Gasteiger partial charge on any atom is 0.179 e. The zero-order valence-corrected chi connectivity index (χ0v) is 16.4. The number of thioether (sulfide) groups is 2. The van der Waals surface area contributed by atoms with Crippen molar-refractivity contribution in [2.24, 2.45) is 5.41 Å². The van der Waals surface area contributed by atoms with Crippen LogP contribution in [0.25, 0.3) is 0 Å². The number of Topliss-reactive ketones (excluding diaryl/α,β-unsaturated/α-hetero) is 1. The molecule has 0 saturated heterocycles. The third-order valence-electron chi connectivity index (χ3n) is 2.91. The van der Waals surface area contributed by atoms with Crippen LogP contribution < -0.4 is 0 Å². The van der Waals surface area contributed by atoms with Gasteiger partial charge in [0.15, 0.2) is 5.78 Å². The van der Waals surface area contributed by atoms with Crippen molar-refractivity contribution in [1.29, 1.82) is 0 Å². The van der Waals surface area contributed by atoms with E-state index in [0.29, 0.717) is 6.61 Å². The van der Waals surface area contributed by atoms with Crippen molar-refractivity contribution in [3.8, 4) is 0 Å². The summed E-state index contributed by atoms with van der Waals surface area (Å²) in [6.45, 7) is 14.6. The first-order chi connectivity index (χ1) is 8.82. The number of carbonyl (C=O) groups excluding carboxylic acids is 1. The van der Waals surface area contributed by atoms with E-state index in [-0.39, 0.29) is 11.2 Å². The quantitative estimate of drug-likeness (QED) is 0.640. The lowest BCUT2D eigenvalue weighted by Gasteiger charge is -2.33. The largest absolute Gasteiger partial charge is 0.368 e. The van der Waals surface area contributed by atoms with Gasteiger partial charge in [-0.25, -0.2) is 0 Å². The first kappa shape index (κ1) is 20.4. The number of hydrogen-bond acceptors (Lipinski definition) is 5. The maximum absolute atomic E-state index is 12.7. The van der Waals surface area contributed by atoms with Gasteiger partial charge in [0.2, 0.25) is 0 Å². The molecule has 0 unspecified atom stereocenters. The summed E-state index contributed by atoms with van der Waals surface area (Å²) in [5.74, 6) is 0.0836. The molecule has 0 saturated carbocycles. The Labute approximate surface area is 138 Å². The van der Waals surface area contributed by atoms with Crippen LogP contribution in [-0.4, -0.2) is 32.5 Å². The van der Waals surface area contributed by atoms with Crippen LogP contribution in [0.1, 0.15) is 54.9 Å². The minimum Gasteiger partial charge on any atom is -0.368 e. The van der Waals surface area contributed by atoms with Crippen LogP contribution in [-0.2, 0) is 9.53 Å². The Morgan fingerprint density at radius 2 is 1.60 bits per heavy atom. The summed E-state index contributed by atoms with van der Waals surface area (Å²) in [7, 11) is 0. The molecule has 118 valence electrons. The summed E-state index contributed by atoms with van der Waals surface area (Å²) < 4.78 is 6.08. The van der Waals surface area contributed by atoms with Gasteiger partial charge in [-0.15, -0.1) is 11.8 Å². The van der Waals surface area contributed by atoms with Crippen molar-refractivity contribution < 1.29 is 9.53 Å². The van der Waals surface area contributed by atoms with Gasteiger partial charge in [0.25, 0.3) is 0 Å². The van der Waals surface area contributed by atoms with Crippen LogP contribution in [0.2, 0.25) is 0 Å². The Bertz CT molecular complexity index is 355. The topological polar surface area (TPSA) is 26.3 Å². The highest BCUT2D eigenvalue weighted by Gasteiger charge is 2.41. The molecule has 2 nitrogen and oxygen atoms in total. The highest BCUT2D eigenvalue weighted by Crippen LogP contribution is 2.35. The first-order valence-electron chi connectivity index (χ1n) is 6.78. The van der Waals surface area contributed by atoms with Crippen LogP contribution in [0.15, 0.2) is 0 Å². The SMILES string of the molecule is CSC(=S)SC(C)(C)C(=O)C(C)(C)OCCC(C)(C)C. The van der Waals surface area contributed by atoms with E-state index in [9.17, 15) is 4.79 Å². The van der Waals surface area contributed by atoms with Crippen molar-refractivity contribution in [2.75, 3.05) is 12.9 Å². The number of ether oxygens (including phenoxy) is 1. The van der Waals surface area contributed by atoms with E-state index in [1.807, 2.05) is 34.0 Å². The van der Waals surface area contributed by atoms with E-state index in [1.54, 1.807) is 0 Å². The number of ketones is 1. The number of hydrogen-bond donors (Lipinski definition) is 0. The molecule has 0 aromatic heterocycles. The van der Waals surface area contributed by atoms with Crippen LogP contribution in [0.4, 0.5) is 0 Å². The lowest BCUT2D eigenvalue weighted by Crippen LogP contribution is -2.46. The van der Waals surface area contributed by atoms with E-state index in [2.05, 4.69) is 20.8 Å². The number of thiocarbonyl (C=S) groups is 1. The van der Waals surface area contributed by atoms with E-state index in [4.69, 9.17) is 17.0 Å². The molecule has 0 heterocycles. The molecule has 0 N–H and O–H groups in total. The Morgan fingerprint density at radius 3 is 2.00 bits per heavy atom. The lowest BCUT2D eigenvalue weighted by molar-refractivity contribution is -0.142. The third-order valence-corrected chi connectivity index (χ3v) is 5.61. The summed E-state index contributed by atoms with van der Waals surface area (Å²) in [6, 6.07) is 0. The Hall–Kier alpha value is 0.420. The smallest absolute Gasteiger partial charge is 0.179 e. The van der Waals surface area contributed by atoms with E-state index in [1.165, 1.54) is 23.5 Å². The normalized spacial score (nSPS) is 13.4. The predicted octanol–water partition coefficient (Wildman–Crippen LogP) is 4.95. The van der Waals surface area contributed by atoms with E-state index >= 15 is 0 Å². The fraction of sp³-hybridized carbons (Fsp3) is 0.867. The van der Waals surface area contributed by atoms with Gasteiger partial charge in [0.05, 0.1) is 4.75 Å². The standard InChI is InChI=1S/C15H28O2S3/c1-13(2,3)9-10-17-14(4,5)11(16)15(6,7)20-12(18)19-8/h9-10H2,1-8H3. The average Bonchev–Trinajstić information content (AvgIpc) is 2.25. The van der Waals surface area contributed by atoms with Crippen LogP contribution in [0.3, 0.4) is 0 Å². The molecule has 0 spiro atoms. The molecule has 20 heavy (non-hydrogen) atoms. The zero-order chi connectivity index (χ0) is 16.2. The van der Waals surface area contributed by atoms with Gasteiger partial charge in [0.1, 0.15) is 9.13 Å². The summed E-state index contributed by atoms with van der Waals surface area (Å²) in [6.07, 6.45) is 2.86. The molecule has 0 aliphatic rings. The monoisotopic (exact) mass is 336 g/mol. The number of carbonyl (C=O) groups is 1. The van der Waals surface area contributed by atoms with Gasteiger partial charge < -0.3 is 4.74 Å². The second-order valence-electron chi connectivity index (χ2n) is 7.07. The van der Waals surface area contributed by atoms with Crippen molar-refractivity contribution in [3.63, 3.8) is 0 Å². The molecule has 0 aliphatic heterocycles. The van der Waals surface area contributed by atoms with Crippen molar-refractivity contribution in [3.05, 3.63) is 0 Å². The zero-order valence-electron chi connectivity index (χ0n) is 14.0. The third kappa shape index (κ3) is 7.43. The summed E-state index contributed by atoms with van der Waals surface area (Å²) in [5.41, 5.74) is -0.570. The molecule has 0 amide bonds. The minimum absolute atomic E-state index is 0.0836. The molecular weight excluding hydrogens is 308 g/mol. The van der Waals surface area contributed by atoms with Crippen LogP contribution in [0.5, 0.6) is 0 Å². The minimum atomic E-state index is -0.782. The van der Waals surface area contributed by atoms with E-state index < -0.39 is 10.3 Å². The van der Waals surface area contributed by atoms with Gasteiger partial charge >= 0.3 is 0 Å². The van der Waals surface area contributed by atoms with Gasteiger partial charge in [-0.2, -0.15) is 0 Å². The maximum atomic E-state index is 12.7. The molecule has 0 radical (unpaired) electrons. The van der Waals surface area contributed by atoms with Crippen molar-refractivity contribution >= 4 is 45.1 Å². The molecule has 0 rings (SSSR count). The van der Waals surface area contributed by atoms with Gasteiger partial charge in [0, 0.05) is 6.61 Å². The van der Waals surface area contributed by atoms with Gasteiger partial charge in [-0.1, -0.05) is 44.8 Å². The van der Waals surface area contributed by atoms with Crippen LogP contribution in [0, 0.1) is 5.41 Å². The molecule has 0 bridgehead atoms. The Morgan fingerprint density at radius 1 is 1.10 bits per heavy atom. The predicted molar refractivity (Wildman–Crippen MR) is 96.9 cm³/mol. The fourth-order valence-corrected chi connectivity index (χ4v) is 4.04. The molecule has 0 atom stereocenters. The van der Waals surface area contributed by atoms with Crippen molar-refractivity contribution in [2.45, 2.75) is 65.2 Å². The Balaban J connectivity index is 4.67. The van der Waals surface area contributed by atoms with Crippen molar-refractivity contribution in [1.82, 2.24) is 0 Å². The first-order valence-corrected chi connectivity index (χ1v) is 9.22. The second kappa shape index (κ2) is 7.61. The highest BCUT2D eigenvalue weighted by atomic mass is 32.2. The molecule has 0 aliphatic carbocycles. The molecule has 5 heteroatoms. The van der Waals surface area contributed by atoms with Gasteiger partial charge in [-0.05, 0) is 45.8 Å². The highest BCUT2D eigenvalue weighted by molar-refractivity contribution is 8.47. The summed E-state index contributed by atoms with van der Waals surface area (Å²) in [5, 5.41) is 0.